The van der Waals surface area contributed by atoms with Crippen molar-refractivity contribution < 1.29 is 4.79 Å². The van der Waals surface area contributed by atoms with Crippen LogP contribution in [0.5, 0.6) is 0 Å². The third-order valence-electron chi connectivity index (χ3n) is 6.93. The maximum absolute atomic E-state index is 13.6. The van der Waals surface area contributed by atoms with Gasteiger partial charge in [0, 0.05) is 48.4 Å². The average molecular weight is 429 g/mol. The number of azo groups is 1. The van der Waals surface area contributed by atoms with Gasteiger partial charge in [0.25, 0.3) is 0 Å². The molecule has 0 bridgehead atoms. The van der Waals surface area contributed by atoms with Crippen LogP contribution in [0.1, 0.15) is 45.6 Å². The molecule has 1 aromatic carbocycles. The summed E-state index contributed by atoms with van der Waals surface area (Å²) in [6.07, 6.45) is 8.84. The number of benzene rings is 1. The molecule has 3 aliphatic rings. The molecular formula is C25H28N6O. The van der Waals surface area contributed by atoms with Crippen LogP contribution in [0.3, 0.4) is 0 Å². The standard InChI is InChI=1S/C25H28N6O/c1-5-25(16-7-6-8-17(11-16)31(4)21-15-26-9-10-27-21)18-14-28-30-23(18)29-19-12-24(2,3)13-20(32)22(19)25/h6-11,14-15,23,29H,5,12-13H2,1-4H3/t23?,25-/m0/s1. The Bertz CT molecular complexity index is 1170. The van der Waals surface area contributed by atoms with Gasteiger partial charge >= 0.3 is 0 Å². The van der Waals surface area contributed by atoms with E-state index in [1.165, 1.54) is 0 Å². The van der Waals surface area contributed by atoms with E-state index in [0.717, 1.165) is 46.8 Å². The number of hydrogen-bond acceptors (Lipinski definition) is 7. The highest BCUT2D eigenvalue weighted by molar-refractivity contribution is 6.01. The Kier molecular flexibility index (Phi) is 4.73. The van der Waals surface area contributed by atoms with Crippen molar-refractivity contribution in [2.75, 3.05) is 11.9 Å². The minimum atomic E-state index is -0.554. The molecular weight excluding hydrogens is 400 g/mol. The molecule has 1 aromatic heterocycles. The lowest BCUT2D eigenvalue weighted by molar-refractivity contribution is -0.119. The van der Waals surface area contributed by atoms with E-state index in [0.29, 0.717) is 6.42 Å². The second-order valence-corrected chi connectivity index (χ2v) is 9.59. The van der Waals surface area contributed by atoms with Crippen LogP contribution in [0.25, 0.3) is 0 Å². The predicted octanol–water partition coefficient (Wildman–Crippen LogP) is 4.81. The van der Waals surface area contributed by atoms with E-state index in [2.05, 4.69) is 64.5 Å². The van der Waals surface area contributed by atoms with Gasteiger partial charge < -0.3 is 10.2 Å². The monoisotopic (exact) mass is 428 g/mol. The number of Topliss-reactive ketones (excluding diaryl/α,β-unsaturated/α-hetero) is 1. The minimum Gasteiger partial charge on any atom is -0.362 e. The summed E-state index contributed by atoms with van der Waals surface area (Å²) in [5.41, 5.74) is 4.39. The zero-order chi connectivity index (χ0) is 22.5. The molecule has 7 nitrogen and oxygen atoms in total. The summed E-state index contributed by atoms with van der Waals surface area (Å²) in [6.45, 7) is 6.46. The Balaban J connectivity index is 1.68. The molecule has 0 saturated carbocycles. The molecule has 2 aliphatic heterocycles. The lowest BCUT2D eigenvalue weighted by Gasteiger charge is -2.48. The largest absolute Gasteiger partial charge is 0.362 e. The number of nitrogens with zero attached hydrogens (tertiary/aromatic N) is 5. The molecule has 1 aliphatic carbocycles. The lowest BCUT2D eigenvalue weighted by atomic mass is 9.59. The van der Waals surface area contributed by atoms with Gasteiger partial charge in [0.1, 0.15) is 0 Å². The van der Waals surface area contributed by atoms with E-state index in [1.807, 2.05) is 24.2 Å². The highest BCUT2D eigenvalue weighted by atomic mass is 16.1. The third-order valence-corrected chi connectivity index (χ3v) is 6.93. The maximum Gasteiger partial charge on any atom is 0.164 e. The third kappa shape index (κ3) is 3.06. The number of fused-ring (bicyclic) bond motifs is 1. The van der Waals surface area contributed by atoms with E-state index in [1.54, 1.807) is 18.6 Å². The first-order valence-electron chi connectivity index (χ1n) is 11.1. The molecule has 1 unspecified atom stereocenters. The Morgan fingerprint density at radius 1 is 1.22 bits per heavy atom. The van der Waals surface area contributed by atoms with Crippen LogP contribution in [0, 0.1) is 5.41 Å². The summed E-state index contributed by atoms with van der Waals surface area (Å²) in [5.74, 6) is 0.975. The van der Waals surface area contributed by atoms with Crippen LogP contribution in [-0.4, -0.2) is 29.0 Å². The number of allylic oxidation sites excluding steroid dienone is 2. The fraction of sp³-hybridized carbons (Fsp3) is 0.400. The summed E-state index contributed by atoms with van der Waals surface area (Å²) in [4.78, 5) is 24.2. The minimum absolute atomic E-state index is 0.0760. The zero-order valence-corrected chi connectivity index (χ0v) is 19.0. The molecule has 164 valence electrons. The zero-order valence-electron chi connectivity index (χ0n) is 19.0. The summed E-state index contributed by atoms with van der Waals surface area (Å²) in [6, 6.07) is 8.39. The highest BCUT2D eigenvalue weighted by Gasteiger charge is 2.53. The van der Waals surface area contributed by atoms with Crippen molar-refractivity contribution >= 4 is 17.3 Å². The second kappa shape index (κ2) is 7.36. The Morgan fingerprint density at radius 3 is 2.81 bits per heavy atom. The fourth-order valence-electron chi connectivity index (χ4n) is 5.47. The number of rotatable bonds is 4. The van der Waals surface area contributed by atoms with Gasteiger partial charge in [0.15, 0.2) is 17.8 Å². The highest BCUT2D eigenvalue weighted by Crippen LogP contribution is 2.54. The number of hydrogen-bond donors (Lipinski definition) is 1. The first kappa shape index (κ1) is 20.5. The maximum atomic E-state index is 13.6. The van der Waals surface area contributed by atoms with Crippen LogP contribution < -0.4 is 10.2 Å². The van der Waals surface area contributed by atoms with E-state index >= 15 is 0 Å². The van der Waals surface area contributed by atoms with Gasteiger partial charge in [0.2, 0.25) is 0 Å². The van der Waals surface area contributed by atoms with Crippen LogP contribution >= 0.6 is 0 Å². The average Bonchev–Trinajstić information content (AvgIpc) is 3.25. The Morgan fingerprint density at radius 2 is 2.06 bits per heavy atom. The topological polar surface area (TPSA) is 82.8 Å². The van der Waals surface area contributed by atoms with Crippen LogP contribution in [0.4, 0.5) is 11.5 Å². The van der Waals surface area contributed by atoms with Gasteiger partial charge in [-0.1, -0.05) is 32.9 Å². The summed E-state index contributed by atoms with van der Waals surface area (Å²) < 4.78 is 0. The first-order chi connectivity index (χ1) is 15.4. The summed E-state index contributed by atoms with van der Waals surface area (Å²) in [7, 11) is 1.98. The fourth-order valence-corrected chi connectivity index (χ4v) is 5.47. The normalized spacial score (nSPS) is 25.7. The van der Waals surface area contributed by atoms with Crippen molar-refractivity contribution in [1.29, 1.82) is 0 Å². The first-order valence-corrected chi connectivity index (χ1v) is 11.1. The molecule has 7 heteroatoms. The molecule has 32 heavy (non-hydrogen) atoms. The summed E-state index contributed by atoms with van der Waals surface area (Å²) >= 11 is 0. The molecule has 3 heterocycles. The number of nitrogens with one attached hydrogen (secondary N) is 1. The van der Waals surface area contributed by atoms with Gasteiger partial charge in [-0.15, -0.1) is 0 Å². The molecule has 0 fully saturated rings. The number of aromatic nitrogens is 2. The van der Waals surface area contributed by atoms with Crippen molar-refractivity contribution in [3.63, 3.8) is 0 Å². The SMILES string of the molecule is CC[C@]1(c2cccc(N(C)c3cnccn3)c2)C2=CN=NC2NC2=C1C(=O)CC(C)(C)C2. The molecule has 1 N–H and O–H groups in total. The number of carbonyl (C=O) groups excluding carboxylic acids is 1. The van der Waals surface area contributed by atoms with E-state index in [9.17, 15) is 4.79 Å². The summed E-state index contributed by atoms with van der Waals surface area (Å²) in [5, 5.41) is 12.2. The van der Waals surface area contributed by atoms with E-state index < -0.39 is 5.41 Å². The quantitative estimate of drug-likeness (QED) is 0.755. The van der Waals surface area contributed by atoms with Crippen molar-refractivity contribution in [3.8, 4) is 0 Å². The molecule has 2 atom stereocenters. The smallest absolute Gasteiger partial charge is 0.164 e. The number of anilines is 2. The van der Waals surface area contributed by atoms with Crippen molar-refractivity contribution in [3.05, 3.63) is 71.5 Å². The van der Waals surface area contributed by atoms with E-state index in [4.69, 9.17) is 0 Å². The van der Waals surface area contributed by atoms with Gasteiger partial charge in [0.05, 0.1) is 17.8 Å². The van der Waals surface area contributed by atoms with Crippen molar-refractivity contribution in [2.45, 2.75) is 51.6 Å². The molecule has 0 amide bonds. The van der Waals surface area contributed by atoms with Crippen molar-refractivity contribution in [1.82, 2.24) is 15.3 Å². The molecule has 0 radical (unpaired) electrons. The van der Waals surface area contributed by atoms with Crippen molar-refractivity contribution in [2.24, 2.45) is 15.6 Å². The van der Waals surface area contributed by atoms with Crippen LogP contribution in [0.15, 0.2) is 76.1 Å². The second-order valence-electron chi connectivity index (χ2n) is 9.59. The number of carbonyl (C=O) groups is 1. The van der Waals surface area contributed by atoms with Crippen LogP contribution in [-0.2, 0) is 10.2 Å². The van der Waals surface area contributed by atoms with Gasteiger partial charge in [-0.05, 0) is 36.0 Å². The predicted molar refractivity (Wildman–Crippen MR) is 123 cm³/mol. The molecule has 0 saturated heterocycles. The van der Waals surface area contributed by atoms with Gasteiger partial charge in [-0.2, -0.15) is 10.2 Å². The lowest BCUT2D eigenvalue weighted by Crippen LogP contribution is -2.51. The van der Waals surface area contributed by atoms with E-state index in [-0.39, 0.29) is 17.4 Å². The van der Waals surface area contributed by atoms with Crippen LogP contribution in [0.2, 0.25) is 0 Å². The molecule has 5 rings (SSSR count). The van der Waals surface area contributed by atoms with Gasteiger partial charge in [-0.3, -0.25) is 9.78 Å². The van der Waals surface area contributed by atoms with Gasteiger partial charge in [-0.25, -0.2) is 4.98 Å². The Hall–Kier alpha value is -3.35. The Labute approximate surface area is 188 Å². The molecule has 2 aromatic rings. The number of ketones is 1. The molecule has 0 spiro atoms.